The molecule has 12 heteroatoms. The topological polar surface area (TPSA) is 80.4 Å². The van der Waals surface area contributed by atoms with Crippen LogP contribution >= 0.6 is 11.8 Å². The van der Waals surface area contributed by atoms with Crippen LogP contribution in [0.15, 0.2) is 35.4 Å². The molecule has 2 heterocycles. The van der Waals surface area contributed by atoms with Crippen LogP contribution in [0.4, 0.5) is 22.4 Å². The average Bonchev–Trinajstić information content (AvgIpc) is 3.18. The number of hydroxylamine groups is 2. The van der Waals surface area contributed by atoms with Crippen LogP contribution in [0.3, 0.4) is 0 Å². The van der Waals surface area contributed by atoms with E-state index in [-0.39, 0.29) is 35.1 Å². The number of hydrazone groups is 1. The summed E-state index contributed by atoms with van der Waals surface area (Å²) in [7, 11) is 2.59. The molecule has 0 unspecified atom stereocenters. The molecule has 0 aromatic heterocycles. The minimum absolute atomic E-state index is 0.00280. The van der Waals surface area contributed by atoms with Crippen molar-refractivity contribution in [2.24, 2.45) is 16.8 Å². The van der Waals surface area contributed by atoms with Gasteiger partial charge in [0, 0.05) is 30.2 Å². The lowest BCUT2D eigenvalue weighted by molar-refractivity contribution is -0.0846. The van der Waals surface area contributed by atoms with E-state index in [4.69, 9.17) is 15.3 Å². The number of ether oxygens (including phenoxy) is 1. The summed E-state index contributed by atoms with van der Waals surface area (Å²) in [5.41, 5.74) is 5.73. The fourth-order valence-electron chi connectivity index (χ4n) is 3.90. The number of rotatable bonds is 4. The molecule has 0 bridgehead atoms. The van der Waals surface area contributed by atoms with Crippen molar-refractivity contribution in [3.05, 3.63) is 64.7 Å². The number of halogens is 4. The molecule has 2 atom stereocenters. The van der Waals surface area contributed by atoms with Gasteiger partial charge in [0.1, 0.15) is 22.4 Å². The summed E-state index contributed by atoms with van der Waals surface area (Å²) in [5.74, 6) is -4.32. The Morgan fingerprint density at radius 2 is 2.00 bits per heavy atom. The number of thioether (sulfide) groups is 1. The predicted octanol–water partition coefficient (Wildman–Crippen LogP) is 3.78. The first-order valence-electron chi connectivity index (χ1n) is 9.90. The van der Waals surface area contributed by atoms with E-state index in [1.165, 1.54) is 14.2 Å². The third-order valence-electron chi connectivity index (χ3n) is 5.56. The van der Waals surface area contributed by atoms with Crippen molar-refractivity contribution >= 4 is 22.8 Å². The quantitative estimate of drug-likeness (QED) is 0.528. The Labute approximate surface area is 191 Å². The third-order valence-corrected chi connectivity index (χ3v) is 7.09. The van der Waals surface area contributed by atoms with Crippen LogP contribution in [-0.4, -0.2) is 48.5 Å². The van der Waals surface area contributed by atoms with Gasteiger partial charge in [-0.25, -0.2) is 27.4 Å². The SMILES string of the molecule is CON(C)C(=O)N1N=C(c2cc(F)ccc2F)S[C@@]12c1cc(F)c(F)cc1OC[C@H]2CCN. The highest BCUT2D eigenvalue weighted by atomic mass is 32.2. The van der Waals surface area contributed by atoms with Crippen LogP contribution in [0.25, 0.3) is 0 Å². The minimum atomic E-state index is -1.49. The molecule has 176 valence electrons. The molecule has 2 aliphatic heterocycles. The fraction of sp³-hybridized carbons (Fsp3) is 0.333. The molecule has 0 aliphatic carbocycles. The van der Waals surface area contributed by atoms with Crippen LogP contribution < -0.4 is 10.5 Å². The highest BCUT2D eigenvalue weighted by molar-refractivity contribution is 8.15. The van der Waals surface area contributed by atoms with Crippen molar-refractivity contribution in [1.29, 1.82) is 0 Å². The zero-order valence-electron chi connectivity index (χ0n) is 17.6. The normalized spacial score (nSPS) is 21.6. The molecule has 2 N–H and O–H groups in total. The highest BCUT2D eigenvalue weighted by Crippen LogP contribution is 2.58. The van der Waals surface area contributed by atoms with Crippen molar-refractivity contribution in [3.8, 4) is 5.75 Å². The Balaban J connectivity index is 1.96. The van der Waals surface area contributed by atoms with Gasteiger partial charge < -0.3 is 10.5 Å². The van der Waals surface area contributed by atoms with Gasteiger partial charge in [0.05, 0.1) is 13.7 Å². The van der Waals surface area contributed by atoms with E-state index in [9.17, 15) is 22.4 Å². The second-order valence-electron chi connectivity index (χ2n) is 7.45. The van der Waals surface area contributed by atoms with Crippen molar-refractivity contribution in [3.63, 3.8) is 0 Å². The minimum Gasteiger partial charge on any atom is -0.493 e. The van der Waals surface area contributed by atoms with E-state index in [1.807, 2.05) is 0 Å². The van der Waals surface area contributed by atoms with Crippen LogP contribution in [0.1, 0.15) is 17.5 Å². The molecule has 0 fully saturated rings. The van der Waals surface area contributed by atoms with Crippen molar-refractivity contribution in [2.45, 2.75) is 11.3 Å². The molecule has 33 heavy (non-hydrogen) atoms. The molecular formula is C21H20F4N4O3S. The molecule has 0 radical (unpaired) electrons. The van der Waals surface area contributed by atoms with E-state index in [0.717, 1.165) is 52.2 Å². The number of carbonyl (C=O) groups is 1. The second-order valence-corrected chi connectivity index (χ2v) is 8.66. The number of nitrogens with zero attached hydrogens (tertiary/aromatic N) is 3. The van der Waals surface area contributed by atoms with Gasteiger partial charge in [0.25, 0.3) is 0 Å². The second kappa shape index (κ2) is 8.84. The van der Waals surface area contributed by atoms with E-state index >= 15 is 0 Å². The Kier molecular flexibility index (Phi) is 6.25. The summed E-state index contributed by atoms with van der Waals surface area (Å²) in [6.45, 7) is 0.179. The van der Waals surface area contributed by atoms with Gasteiger partial charge in [0.15, 0.2) is 16.5 Å². The van der Waals surface area contributed by atoms with Crippen molar-refractivity contribution < 1.29 is 31.9 Å². The Morgan fingerprint density at radius 1 is 1.27 bits per heavy atom. The van der Waals surface area contributed by atoms with Crippen molar-refractivity contribution in [2.75, 3.05) is 27.3 Å². The van der Waals surface area contributed by atoms with Crippen LogP contribution in [-0.2, 0) is 9.71 Å². The molecule has 2 amide bonds. The average molecular weight is 484 g/mol. The molecule has 1 spiro atoms. The van der Waals surface area contributed by atoms with Gasteiger partial charge in [-0.05, 0) is 37.2 Å². The number of benzene rings is 2. The van der Waals surface area contributed by atoms with E-state index in [2.05, 4.69) is 5.10 Å². The number of urea groups is 1. The molecule has 4 rings (SSSR count). The Morgan fingerprint density at radius 3 is 2.70 bits per heavy atom. The number of fused-ring (bicyclic) bond motifs is 2. The smallest absolute Gasteiger partial charge is 0.365 e. The maximum Gasteiger partial charge on any atom is 0.365 e. The Bertz CT molecular complexity index is 1130. The summed E-state index contributed by atoms with van der Waals surface area (Å²) in [6, 6.07) is 3.89. The van der Waals surface area contributed by atoms with E-state index in [0.29, 0.717) is 6.42 Å². The number of hydrogen-bond acceptors (Lipinski definition) is 6. The first-order valence-corrected chi connectivity index (χ1v) is 10.7. The summed E-state index contributed by atoms with van der Waals surface area (Å²) in [6.07, 6.45) is 0.306. The molecule has 2 aromatic rings. The lowest BCUT2D eigenvalue weighted by Gasteiger charge is -2.45. The standard InChI is InChI=1S/C21H20F4N4O3S/c1-28(31-2)20(30)29-21(33-19(27-29)13-7-12(22)3-4-15(13)23)11(5-6-26)10-32-18-9-17(25)16(24)8-14(18)21/h3-4,7-9,11H,5-6,10,26H2,1-2H3/t11-,21+/m1/s1. The number of carbonyl (C=O) groups excluding carboxylic acids is 1. The molecule has 2 aromatic carbocycles. The fourth-order valence-corrected chi connectivity index (χ4v) is 5.41. The van der Waals surface area contributed by atoms with E-state index < -0.39 is 40.1 Å². The zero-order valence-corrected chi connectivity index (χ0v) is 18.5. The predicted molar refractivity (Wildman–Crippen MR) is 113 cm³/mol. The number of nitrogens with two attached hydrogens (primary N) is 1. The maximum atomic E-state index is 14.6. The van der Waals surface area contributed by atoms with Gasteiger partial charge in [-0.2, -0.15) is 10.1 Å². The summed E-state index contributed by atoms with van der Waals surface area (Å²) in [5, 5.41) is 6.18. The lowest BCUT2D eigenvalue weighted by Crippen LogP contribution is -2.54. The van der Waals surface area contributed by atoms with Crippen LogP contribution in [0, 0.1) is 29.2 Å². The maximum absolute atomic E-state index is 14.6. The van der Waals surface area contributed by atoms with E-state index in [1.54, 1.807) is 0 Å². The zero-order chi connectivity index (χ0) is 23.9. The summed E-state index contributed by atoms with van der Waals surface area (Å²) in [4.78, 5) is 16.8. The van der Waals surface area contributed by atoms with Gasteiger partial charge in [-0.3, -0.25) is 4.84 Å². The number of amides is 2. The van der Waals surface area contributed by atoms with Crippen molar-refractivity contribution in [1.82, 2.24) is 10.1 Å². The van der Waals surface area contributed by atoms with Gasteiger partial charge in [0.2, 0.25) is 0 Å². The van der Waals surface area contributed by atoms with Crippen LogP contribution in [0.2, 0.25) is 0 Å². The molecule has 0 saturated carbocycles. The largest absolute Gasteiger partial charge is 0.493 e. The lowest BCUT2D eigenvalue weighted by atomic mass is 9.86. The monoisotopic (exact) mass is 484 g/mol. The third kappa shape index (κ3) is 3.81. The first kappa shape index (κ1) is 23.3. The summed E-state index contributed by atoms with van der Waals surface area (Å²) >= 11 is 0.921. The Hall–Kier alpha value is -2.83. The highest BCUT2D eigenvalue weighted by Gasteiger charge is 2.58. The summed E-state index contributed by atoms with van der Waals surface area (Å²) < 4.78 is 62.6. The van der Waals surface area contributed by atoms with Gasteiger partial charge in [-0.1, -0.05) is 11.8 Å². The molecular weight excluding hydrogens is 464 g/mol. The number of hydrogen-bond donors (Lipinski definition) is 1. The molecule has 0 saturated heterocycles. The van der Waals surface area contributed by atoms with Gasteiger partial charge in [-0.15, -0.1) is 0 Å². The first-order chi connectivity index (χ1) is 15.7. The molecule has 2 aliphatic rings. The van der Waals surface area contributed by atoms with Crippen LogP contribution in [0.5, 0.6) is 5.75 Å². The molecule has 7 nitrogen and oxygen atoms in total. The van der Waals surface area contributed by atoms with Gasteiger partial charge >= 0.3 is 6.03 Å².